The van der Waals surface area contributed by atoms with Crippen LogP contribution >= 0.6 is 0 Å². The molecule has 2 atom stereocenters. The molecule has 0 saturated heterocycles. The Hall–Kier alpha value is -2.35. The van der Waals surface area contributed by atoms with Gasteiger partial charge in [-0.1, -0.05) is 67.6 Å². The Balaban J connectivity index is 1.94. The van der Waals surface area contributed by atoms with Crippen LogP contribution in [0.15, 0.2) is 72.5 Å². The predicted molar refractivity (Wildman–Crippen MR) is 96.7 cm³/mol. The molecule has 0 saturated carbocycles. The quantitative estimate of drug-likeness (QED) is 0.778. The van der Waals surface area contributed by atoms with E-state index < -0.39 is 0 Å². The van der Waals surface area contributed by atoms with Gasteiger partial charge in [0.1, 0.15) is 5.78 Å². The molecule has 1 aliphatic carbocycles. The normalized spacial score (nSPS) is 20.5. The number of methoxy groups -OCH3 is 1. The van der Waals surface area contributed by atoms with Gasteiger partial charge in [0.25, 0.3) is 0 Å². The molecule has 0 heterocycles. The maximum absolute atomic E-state index is 13.4. The average Bonchev–Trinajstić information content (AvgIpc) is 2.63. The van der Waals surface area contributed by atoms with E-state index in [-0.39, 0.29) is 11.8 Å². The topological polar surface area (TPSA) is 26.3 Å². The molecule has 0 spiro atoms. The monoisotopic (exact) mass is 320 g/mol. The first-order valence-corrected chi connectivity index (χ1v) is 8.57. The lowest BCUT2D eigenvalue weighted by Crippen LogP contribution is -2.27. The summed E-state index contributed by atoms with van der Waals surface area (Å²) in [4.78, 5) is 13.4. The summed E-state index contributed by atoms with van der Waals surface area (Å²) in [5, 5.41) is 0. The fraction of sp³-hybridized carbons (Fsp3) is 0.318. The highest BCUT2D eigenvalue weighted by molar-refractivity contribution is 5.91. The van der Waals surface area contributed by atoms with Crippen LogP contribution in [0.5, 0.6) is 0 Å². The van der Waals surface area contributed by atoms with Crippen LogP contribution in [0.25, 0.3) is 0 Å². The molecule has 0 aromatic heterocycles. The van der Waals surface area contributed by atoms with Crippen LogP contribution < -0.4 is 0 Å². The van der Waals surface area contributed by atoms with E-state index in [4.69, 9.17) is 4.74 Å². The number of hydrogen-bond acceptors (Lipinski definition) is 2. The zero-order chi connectivity index (χ0) is 16.9. The van der Waals surface area contributed by atoms with Gasteiger partial charge in [-0.2, -0.15) is 0 Å². The highest BCUT2D eigenvalue weighted by atomic mass is 16.5. The summed E-state index contributed by atoms with van der Waals surface area (Å²) in [6.07, 6.45) is 3.74. The van der Waals surface area contributed by atoms with Crippen molar-refractivity contribution in [3.8, 4) is 0 Å². The van der Waals surface area contributed by atoms with Crippen molar-refractivity contribution in [3.63, 3.8) is 0 Å². The predicted octanol–water partition coefficient (Wildman–Crippen LogP) is 4.96. The molecule has 0 radical (unpaired) electrons. The first-order chi connectivity index (χ1) is 11.7. The Morgan fingerprint density at radius 1 is 1.00 bits per heavy atom. The molecule has 2 unspecified atom stereocenters. The van der Waals surface area contributed by atoms with Crippen molar-refractivity contribution >= 4 is 5.78 Å². The standard InChI is InChI=1S/C22H24O2/c1-16-13-19(15-20(14-16)24-2)22(23)21(17-9-5-3-6-10-17)18-11-7-4-8-12-18/h3-12,14,16,19,21H,13,15H2,1-2H3. The lowest BCUT2D eigenvalue weighted by atomic mass is 9.76. The van der Waals surface area contributed by atoms with Gasteiger partial charge in [0, 0.05) is 12.3 Å². The smallest absolute Gasteiger partial charge is 0.148 e. The third-order valence-corrected chi connectivity index (χ3v) is 4.79. The van der Waals surface area contributed by atoms with Crippen molar-refractivity contribution in [3.05, 3.63) is 83.6 Å². The van der Waals surface area contributed by atoms with E-state index in [1.807, 2.05) is 36.4 Å². The highest BCUT2D eigenvalue weighted by Gasteiger charge is 2.33. The zero-order valence-corrected chi connectivity index (χ0v) is 14.3. The third kappa shape index (κ3) is 3.59. The number of Topliss-reactive ketones (excluding diaryl/α,β-unsaturated/α-hetero) is 1. The van der Waals surface area contributed by atoms with Crippen LogP contribution in [-0.2, 0) is 9.53 Å². The number of rotatable bonds is 5. The molecule has 3 rings (SSSR count). The molecule has 0 N–H and O–H groups in total. The van der Waals surface area contributed by atoms with Gasteiger partial charge in [-0.15, -0.1) is 0 Å². The average molecular weight is 320 g/mol. The number of hydrogen-bond donors (Lipinski definition) is 0. The first kappa shape index (κ1) is 16.5. The minimum atomic E-state index is -0.208. The van der Waals surface area contributed by atoms with Crippen molar-refractivity contribution in [1.82, 2.24) is 0 Å². The molecule has 0 bridgehead atoms. The highest BCUT2D eigenvalue weighted by Crippen LogP contribution is 2.36. The second-order valence-corrected chi connectivity index (χ2v) is 6.61. The number of ketones is 1. The third-order valence-electron chi connectivity index (χ3n) is 4.79. The Morgan fingerprint density at radius 2 is 1.54 bits per heavy atom. The number of carbonyl (C=O) groups excluding carboxylic acids is 1. The van der Waals surface area contributed by atoms with Gasteiger partial charge in [-0.05, 0) is 29.5 Å². The van der Waals surface area contributed by atoms with Crippen LogP contribution in [0.3, 0.4) is 0 Å². The summed E-state index contributed by atoms with van der Waals surface area (Å²) >= 11 is 0. The Kier molecular flexibility index (Phi) is 5.14. The lowest BCUT2D eigenvalue weighted by molar-refractivity contribution is -0.124. The van der Waals surface area contributed by atoms with Gasteiger partial charge in [0.15, 0.2) is 0 Å². The fourth-order valence-corrected chi connectivity index (χ4v) is 3.64. The summed E-state index contributed by atoms with van der Waals surface area (Å²) in [5.41, 5.74) is 2.13. The summed E-state index contributed by atoms with van der Waals surface area (Å²) in [7, 11) is 1.69. The summed E-state index contributed by atoms with van der Waals surface area (Å²) in [6.45, 7) is 2.15. The molecule has 124 valence electrons. The molecule has 0 aliphatic heterocycles. The van der Waals surface area contributed by atoms with Gasteiger partial charge in [0.2, 0.25) is 0 Å². The number of ether oxygens (including phenoxy) is 1. The minimum Gasteiger partial charge on any atom is -0.501 e. The van der Waals surface area contributed by atoms with E-state index in [1.165, 1.54) is 0 Å². The summed E-state index contributed by atoms with van der Waals surface area (Å²) in [5.74, 6) is 1.40. The molecular weight excluding hydrogens is 296 g/mol. The SMILES string of the molecule is COC1=CC(C)CC(C(=O)C(c2ccccc2)c2ccccc2)C1. The molecule has 2 heteroatoms. The van der Waals surface area contributed by atoms with Crippen molar-refractivity contribution < 1.29 is 9.53 Å². The Morgan fingerprint density at radius 3 is 2.04 bits per heavy atom. The van der Waals surface area contributed by atoms with E-state index in [9.17, 15) is 4.79 Å². The van der Waals surface area contributed by atoms with Crippen LogP contribution in [0, 0.1) is 11.8 Å². The van der Waals surface area contributed by atoms with Gasteiger partial charge in [0.05, 0.1) is 18.8 Å². The maximum Gasteiger partial charge on any atom is 0.148 e. The molecule has 24 heavy (non-hydrogen) atoms. The molecule has 2 aromatic carbocycles. The van der Waals surface area contributed by atoms with Crippen LogP contribution in [0.2, 0.25) is 0 Å². The van der Waals surface area contributed by atoms with Crippen molar-refractivity contribution in [2.45, 2.75) is 25.7 Å². The number of benzene rings is 2. The number of allylic oxidation sites excluding steroid dienone is 2. The van der Waals surface area contributed by atoms with Crippen molar-refractivity contribution in [2.24, 2.45) is 11.8 Å². The van der Waals surface area contributed by atoms with Crippen molar-refractivity contribution in [1.29, 1.82) is 0 Å². The molecule has 2 nitrogen and oxygen atoms in total. The Bertz CT molecular complexity index is 664. The fourth-order valence-electron chi connectivity index (χ4n) is 3.64. The van der Waals surface area contributed by atoms with Gasteiger partial charge < -0.3 is 4.74 Å². The first-order valence-electron chi connectivity index (χ1n) is 8.57. The van der Waals surface area contributed by atoms with E-state index in [0.29, 0.717) is 18.1 Å². The molecule has 0 amide bonds. The second kappa shape index (κ2) is 7.48. The van der Waals surface area contributed by atoms with E-state index in [2.05, 4.69) is 37.3 Å². The van der Waals surface area contributed by atoms with Crippen LogP contribution in [0.1, 0.15) is 36.8 Å². The second-order valence-electron chi connectivity index (χ2n) is 6.61. The van der Waals surface area contributed by atoms with Gasteiger partial charge in [-0.25, -0.2) is 0 Å². The maximum atomic E-state index is 13.4. The minimum absolute atomic E-state index is 0.00497. The van der Waals surface area contributed by atoms with E-state index >= 15 is 0 Å². The van der Waals surface area contributed by atoms with Gasteiger partial charge >= 0.3 is 0 Å². The van der Waals surface area contributed by atoms with Crippen LogP contribution in [-0.4, -0.2) is 12.9 Å². The number of carbonyl (C=O) groups is 1. The van der Waals surface area contributed by atoms with Crippen molar-refractivity contribution in [2.75, 3.05) is 7.11 Å². The van der Waals surface area contributed by atoms with Crippen LogP contribution in [0.4, 0.5) is 0 Å². The summed E-state index contributed by atoms with van der Waals surface area (Å²) < 4.78 is 5.44. The Labute approximate surface area is 144 Å². The lowest BCUT2D eigenvalue weighted by Gasteiger charge is -2.28. The molecule has 2 aromatic rings. The summed E-state index contributed by atoms with van der Waals surface area (Å²) in [6, 6.07) is 20.2. The van der Waals surface area contributed by atoms with E-state index in [0.717, 1.165) is 23.3 Å². The molecule has 1 aliphatic rings. The molecular formula is C22H24O2. The largest absolute Gasteiger partial charge is 0.501 e. The van der Waals surface area contributed by atoms with Gasteiger partial charge in [-0.3, -0.25) is 4.79 Å². The molecule has 0 fully saturated rings. The van der Waals surface area contributed by atoms with E-state index in [1.54, 1.807) is 7.11 Å². The zero-order valence-electron chi connectivity index (χ0n) is 14.3.